The highest BCUT2D eigenvalue weighted by atomic mass is 32.2. The molecule has 3 aromatic heterocycles. The van der Waals surface area contributed by atoms with E-state index in [1.165, 1.54) is 23.1 Å². The van der Waals surface area contributed by atoms with Crippen molar-refractivity contribution in [3.63, 3.8) is 0 Å². The summed E-state index contributed by atoms with van der Waals surface area (Å²) in [5, 5.41) is 3.58. The van der Waals surface area contributed by atoms with E-state index in [0.29, 0.717) is 11.7 Å². The maximum Gasteiger partial charge on any atom is 0.192 e. The first kappa shape index (κ1) is 16.3. The number of nitrogens with zero attached hydrogens (tertiary/aromatic N) is 3. The molecule has 7 nitrogen and oxygen atoms in total. The van der Waals surface area contributed by atoms with Gasteiger partial charge in [0.1, 0.15) is 18.0 Å². The fraction of sp³-hybridized carbons (Fsp3) is 0.0625. The summed E-state index contributed by atoms with van der Waals surface area (Å²) in [6.45, 7) is 0. The third-order valence-corrected chi connectivity index (χ3v) is 5.04. The van der Waals surface area contributed by atoms with Gasteiger partial charge >= 0.3 is 0 Å². The molecule has 3 heterocycles. The van der Waals surface area contributed by atoms with E-state index in [-0.39, 0.29) is 27.1 Å². The highest BCUT2D eigenvalue weighted by molar-refractivity contribution is 7.90. The van der Waals surface area contributed by atoms with Gasteiger partial charge in [-0.3, -0.25) is 4.79 Å². The molecule has 0 spiro atoms. The predicted octanol–water partition coefficient (Wildman–Crippen LogP) is 1.92. The van der Waals surface area contributed by atoms with Crippen molar-refractivity contribution in [3.8, 4) is 11.3 Å². The minimum absolute atomic E-state index is 0.0780. The number of fused-ring (bicyclic) bond motifs is 2. The van der Waals surface area contributed by atoms with E-state index in [9.17, 15) is 22.0 Å². The Bertz CT molecular complexity index is 1360. The van der Waals surface area contributed by atoms with Crippen molar-refractivity contribution in [1.29, 1.82) is 0 Å². The number of rotatable bonds is 2. The Labute approximate surface area is 144 Å². The van der Waals surface area contributed by atoms with Gasteiger partial charge in [0, 0.05) is 24.0 Å². The summed E-state index contributed by atoms with van der Waals surface area (Å²) < 4.78 is 53.0. The molecule has 0 aliphatic carbocycles. The molecule has 0 saturated carbocycles. The lowest BCUT2D eigenvalue weighted by atomic mass is 10.1. The van der Waals surface area contributed by atoms with E-state index in [2.05, 4.69) is 15.1 Å². The van der Waals surface area contributed by atoms with Crippen LogP contribution in [-0.2, 0) is 9.84 Å². The highest BCUT2D eigenvalue weighted by Crippen LogP contribution is 2.28. The number of H-pyrrole nitrogens is 1. The van der Waals surface area contributed by atoms with Crippen LogP contribution in [0.5, 0.6) is 0 Å². The standard InChI is InChI=1S/C16H10F2N4O3S/c1-26(24,25)14-6-22-15(19-7-20-22)4-9(14)11-5-13(23)16-10(18)2-8(17)3-12(16)21-11/h2-7H,1H3,(H,21,23). The number of aromatic nitrogens is 4. The molecular weight excluding hydrogens is 366 g/mol. The summed E-state index contributed by atoms with van der Waals surface area (Å²) in [5.41, 5.74) is -0.188. The van der Waals surface area contributed by atoms with Crippen LogP contribution >= 0.6 is 0 Å². The van der Waals surface area contributed by atoms with Gasteiger partial charge in [-0.2, -0.15) is 5.10 Å². The molecule has 0 saturated heterocycles. The second-order valence-corrected chi connectivity index (χ2v) is 7.73. The van der Waals surface area contributed by atoms with Crippen LogP contribution in [0.2, 0.25) is 0 Å². The van der Waals surface area contributed by atoms with Gasteiger partial charge in [0.25, 0.3) is 0 Å². The van der Waals surface area contributed by atoms with Crippen molar-refractivity contribution in [3.05, 3.63) is 58.6 Å². The van der Waals surface area contributed by atoms with Crippen LogP contribution in [0.25, 0.3) is 27.8 Å². The molecule has 0 unspecified atom stereocenters. The topological polar surface area (TPSA) is 97.2 Å². The molecule has 0 amide bonds. The quantitative estimate of drug-likeness (QED) is 0.576. The Hall–Kier alpha value is -3.14. The van der Waals surface area contributed by atoms with Gasteiger partial charge in [-0.1, -0.05) is 0 Å². The fourth-order valence-electron chi connectivity index (χ4n) is 2.80. The number of halogens is 2. The molecule has 0 fully saturated rings. The lowest BCUT2D eigenvalue weighted by molar-refractivity contribution is 0.591. The monoisotopic (exact) mass is 376 g/mol. The molecule has 1 N–H and O–H groups in total. The summed E-state index contributed by atoms with van der Waals surface area (Å²) in [6, 6.07) is 4.08. The van der Waals surface area contributed by atoms with Gasteiger partial charge in [-0.25, -0.2) is 26.7 Å². The summed E-state index contributed by atoms with van der Waals surface area (Å²) in [6.07, 6.45) is 3.52. The van der Waals surface area contributed by atoms with Crippen molar-refractivity contribution in [1.82, 2.24) is 19.6 Å². The molecule has 10 heteroatoms. The maximum atomic E-state index is 13.9. The maximum absolute atomic E-state index is 13.9. The molecule has 0 radical (unpaired) electrons. The number of hydrogen-bond donors (Lipinski definition) is 1. The second kappa shape index (κ2) is 5.43. The van der Waals surface area contributed by atoms with E-state index in [1.807, 2.05) is 0 Å². The minimum Gasteiger partial charge on any atom is -0.354 e. The molecule has 132 valence electrons. The van der Waals surface area contributed by atoms with Crippen LogP contribution in [0.3, 0.4) is 0 Å². The Morgan fingerprint density at radius 3 is 2.65 bits per heavy atom. The predicted molar refractivity (Wildman–Crippen MR) is 89.6 cm³/mol. The SMILES string of the molecule is CS(=O)(=O)c1cn2ncnc2cc1-c1cc(=O)c2c(F)cc(F)cc2[nH]1. The molecule has 0 aliphatic heterocycles. The van der Waals surface area contributed by atoms with Crippen LogP contribution in [-0.4, -0.2) is 34.3 Å². The third-order valence-electron chi connectivity index (χ3n) is 3.92. The fourth-order valence-corrected chi connectivity index (χ4v) is 3.66. The van der Waals surface area contributed by atoms with Gasteiger partial charge in [0.15, 0.2) is 20.9 Å². The minimum atomic E-state index is -3.69. The first-order valence-corrected chi connectivity index (χ1v) is 9.19. The molecule has 4 rings (SSSR count). The number of benzene rings is 1. The smallest absolute Gasteiger partial charge is 0.192 e. The van der Waals surface area contributed by atoms with Gasteiger partial charge in [-0.05, 0) is 12.1 Å². The van der Waals surface area contributed by atoms with Crippen LogP contribution in [0.1, 0.15) is 0 Å². The van der Waals surface area contributed by atoms with Gasteiger partial charge < -0.3 is 4.98 Å². The summed E-state index contributed by atoms with van der Waals surface area (Å²) in [4.78, 5) is 18.9. The number of hydrogen-bond acceptors (Lipinski definition) is 5. The van der Waals surface area contributed by atoms with E-state index in [1.54, 1.807) is 0 Å². The summed E-state index contributed by atoms with van der Waals surface area (Å²) in [5.74, 6) is -1.86. The van der Waals surface area contributed by atoms with Crippen LogP contribution in [0.4, 0.5) is 8.78 Å². The Balaban J connectivity index is 2.11. The van der Waals surface area contributed by atoms with E-state index in [0.717, 1.165) is 18.4 Å². The van der Waals surface area contributed by atoms with Crippen LogP contribution < -0.4 is 5.43 Å². The Morgan fingerprint density at radius 1 is 1.15 bits per heavy atom. The number of aromatic amines is 1. The zero-order chi connectivity index (χ0) is 18.6. The second-order valence-electron chi connectivity index (χ2n) is 5.74. The molecular formula is C16H10F2N4O3S. The largest absolute Gasteiger partial charge is 0.354 e. The van der Waals surface area contributed by atoms with Crippen molar-refractivity contribution < 1.29 is 17.2 Å². The number of nitrogens with one attached hydrogen (secondary N) is 1. The van der Waals surface area contributed by atoms with Crippen molar-refractivity contribution in [2.75, 3.05) is 6.26 Å². The Morgan fingerprint density at radius 2 is 1.92 bits per heavy atom. The van der Waals surface area contributed by atoms with E-state index in [4.69, 9.17) is 0 Å². The van der Waals surface area contributed by atoms with Gasteiger partial charge in [0.2, 0.25) is 0 Å². The first-order valence-electron chi connectivity index (χ1n) is 7.30. The van der Waals surface area contributed by atoms with Crippen LogP contribution in [0.15, 0.2) is 46.5 Å². The zero-order valence-corrected chi connectivity index (χ0v) is 14.0. The molecule has 4 aromatic rings. The summed E-state index contributed by atoms with van der Waals surface area (Å²) >= 11 is 0. The zero-order valence-electron chi connectivity index (χ0n) is 13.2. The lowest BCUT2D eigenvalue weighted by Crippen LogP contribution is -2.09. The van der Waals surface area contributed by atoms with Gasteiger partial charge in [-0.15, -0.1) is 0 Å². The van der Waals surface area contributed by atoms with E-state index < -0.39 is 26.9 Å². The lowest BCUT2D eigenvalue weighted by Gasteiger charge is -2.10. The average molecular weight is 376 g/mol. The van der Waals surface area contributed by atoms with Gasteiger partial charge in [0.05, 0.1) is 27.7 Å². The highest BCUT2D eigenvalue weighted by Gasteiger charge is 2.19. The number of pyridine rings is 2. The molecule has 0 aliphatic rings. The summed E-state index contributed by atoms with van der Waals surface area (Å²) in [7, 11) is -3.69. The van der Waals surface area contributed by atoms with Crippen molar-refractivity contribution >= 4 is 26.4 Å². The molecule has 0 bridgehead atoms. The first-order chi connectivity index (χ1) is 12.2. The van der Waals surface area contributed by atoms with Crippen molar-refractivity contribution in [2.24, 2.45) is 0 Å². The Kier molecular flexibility index (Phi) is 3.41. The van der Waals surface area contributed by atoms with Crippen LogP contribution in [0, 0.1) is 11.6 Å². The molecule has 1 aromatic carbocycles. The normalized spacial score (nSPS) is 12.1. The molecule has 26 heavy (non-hydrogen) atoms. The molecule has 0 atom stereocenters. The van der Waals surface area contributed by atoms with E-state index >= 15 is 0 Å². The number of sulfone groups is 1. The third kappa shape index (κ3) is 2.54. The average Bonchev–Trinajstić information content (AvgIpc) is 2.99. The van der Waals surface area contributed by atoms with Crippen molar-refractivity contribution in [2.45, 2.75) is 4.90 Å².